The first-order valence-corrected chi connectivity index (χ1v) is 6.05. The van der Waals surface area contributed by atoms with E-state index in [0.717, 1.165) is 0 Å². The van der Waals surface area contributed by atoms with Crippen molar-refractivity contribution >= 4 is 17.4 Å². The van der Waals surface area contributed by atoms with Gasteiger partial charge in [-0.25, -0.2) is 4.98 Å². The SMILES string of the molecule is CCN(CC)c1nc(C)c([N+](=O)[O-])c(C)c1C(N)=O. The maximum Gasteiger partial charge on any atom is 0.294 e. The molecule has 1 rings (SSSR count). The lowest BCUT2D eigenvalue weighted by Crippen LogP contribution is -2.28. The second-order valence-corrected chi connectivity index (χ2v) is 4.16. The van der Waals surface area contributed by atoms with Crippen molar-refractivity contribution in [3.05, 3.63) is 26.9 Å². The highest BCUT2D eigenvalue weighted by Crippen LogP contribution is 2.30. The zero-order valence-electron chi connectivity index (χ0n) is 11.6. The second-order valence-electron chi connectivity index (χ2n) is 4.16. The molecule has 0 spiro atoms. The summed E-state index contributed by atoms with van der Waals surface area (Å²) in [7, 11) is 0. The molecule has 0 saturated carbocycles. The molecule has 0 fully saturated rings. The van der Waals surface area contributed by atoms with Gasteiger partial charge in [0, 0.05) is 18.7 Å². The molecule has 0 aromatic carbocycles. The Hall–Kier alpha value is -2.18. The number of carbonyl (C=O) groups is 1. The maximum atomic E-state index is 11.6. The largest absolute Gasteiger partial charge is 0.365 e. The number of pyridine rings is 1. The molecule has 0 atom stereocenters. The Kier molecular flexibility index (Phi) is 4.42. The van der Waals surface area contributed by atoms with Gasteiger partial charge in [0.15, 0.2) is 0 Å². The van der Waals surface area contributed by atoms with Crippen molar-refractivity contribution in [1.29, 1.82) is 0 Å². The summed E-state index contributed by atoms with van der Waals surface area (Å²) in [5, 5.41) is 11.0. The first-order chi connectivity index (χ1) is 8.84. The summed E-state index contributed by atoms with van der Waals surface area (Å²) >= 11 is 0. The highest BCUT2D eigenvalue weighted by Gasteiger charge is 2.27. The standard InChI is InChI=1S/C12H18N4O3/c1-5-15(6-2)12-9(11(13)17)7(3)10(16(18)19)8(4)14-12/h5-6H2,1-4H3,(H2,13,17). The number of aromatic nitrogens is 1. The van der Waals surface area contributed by atoms with Gasteiger partial charge in [0.2, 0.25) is 0 Å². The van der Waals surface area contributed by atoms with Crippen LogP contribution in [0.5, 0.6) is 0 Å². The second kappa shape index (κ2) is 5.64. The highest BCUT2D eigenvalue weighted by atomic mass is 16.6. The quantitative estimate of drug-likeness (QED) is 0.643. The molecule has 104 valence electrons. The minimum atomic E-state index is -0.699. The van der Waals surface area contributed by atoms with E-state index in [9.17, 15) is 14.9 Å². The number of carbonyl (C=O) groups excluding carboxylic acids is 1. The number of nitrogens with zero attached hydrogens (tertiary/aromatic N) is 3. The fraction of sp³-hybridized carbons (Fsp3) is 0.500. The van der Waals surface area contributed by atoms with E-state index in [-0.39, 0.29) is 22.5 Å². The molecule has 2 N–H and O–H groups in total. The summed E-state index contributed by atoms with van der Waals surface area (Å²) in [6.07, 6.45) is 0. The lowest BCUT2D eigenvalue weighted by molar-refractivity contribution is -0.386. The summed E-state index contributed by atoms with van der Waals surface area (Å²) in [5.74, 6) is -0.284. The normalized spacial score (nSPS) is 10.3. The number of nitrogens with two attached hydrogens (primary N) is 1. The Labute approximate surface area is 111 Å². The number of rotatable bonds is 5. The molecule has 1 amide bonds. The number of primary amides is 1. The van der Waals surface area contributed by atoms with Gasteiger partial charge in [-0.1, -0.05) is 0 Å². The third kappa shape index (κ3) is 2.64. The fourth-order valence-corrected chi connectivity index (χ4v) is 2.14. The van der Waals surface area contributed by atoms with E-state index in [1.54, 1.807) is 6.92 Å². The molecule has 0 bridgehead atoms. The highest BCUT2D eigenvalue weighted by molar-refractivity contribution is 6.00. The number of amides is 1. The first-order valence-electron chi connectivity index (χ1n) is 6.05. The number of nitro groups is 1. The molecular formula is C12H18N4O3. The summed E-state index contributed by atoms with van der Waals surface area (Å²) < 4.78 is 0. The van der Waals surface area contributed by atoms with Gasteiger partial charge >= 0.3 is 0 Å². The van der Waals surface area contributed by atoms with Gasteiger partial charge in [-0.2, -0.15) is 0 Å². The van der Waals surface area contributed by atoms with Crippen LogP contribution in [0.3, 0.4) is 0 Å². The van der Waals surface area contributed by atoms with Crippen molar-refractivity contribution in [3.8, 4) is 0 Å². The minimum absolute atomic E-state index is 0.126. The average molecular weight is 266 g/mol. The van der Waals surface area contributed by atoms with Crippen LogP contribution in [0.15, 0.2) is 0 Å². The Morgan fingerprint density at radius 2 is 1.89 bits per heavy atom. The Balaban J connectivity index is 3.66. The van der Waals surface area contributed by atoms with E-state index in [2.05, 4.69) is 4.98 Å². The van der Waals surface area contributed by atoms with Crippen LogP contribution in [-0.4, -0.2) is 28.9 Å². The Morgan fingerprint density at radius 1 is 1.37 bits per heavy atom. The van der Waals surface area contributed by atoms with Crippen molar-refractivity contribution in [2.45, 2.75) is 27.7 Å². The van der Waals surface area contributed by atoms with Gasteiger partial charge in [0.05, 0.1) is 10.5 Å². The van der Waals surface area contributed by atoms with Crippen molar-refractivity contribution in [2.24, 2.45) is 5.73 Å². The van der Waals surface area contributed by atoms with Gasteiger partial charge < -0.3 is 10.6 Å². The number of hydrogen-bond donors (Lipinski definition) is 1. The number of hydrogen-bond acceptors (Lipinski definition) is 5. The van der Waals surface area contributed by atoms with Gasteiger partial charge in [0.25, 0.3) is 11.6 Å². The van der Waals surface area contributed by atoms with E-state index >= 15 is 0 Å². The topological polar surface area (TPSA) is 102 Å². The Bertz CT molecular complexity index is 524. The lowest BCUT2D eigenvalue weighted by Gasteiger charge is -2.23. The predicted octanol–water partition coefficient (Wildman–Crippen LogP) is 1.55. The first kappa shape index (κ1) is 14.9. The molecule has 19 heavy (non-hydrogen) atoms. The summed E-state index contributed by atoms with van der Waals surface area (Å²) in [6, 6.07) is 0. The molecule has 0 radical (unpaired) electrons. The molecule has 0 unspecified atom stereocenters. The fourth-order valence-electron chi connectivity index (χ4n) is 2.14. The monoisotopic (exact) mass is 266 g/mol. The van der Waals surface area contributed by atoms with Crippen molar-refractivity contribution < 1.29 is 9.72 Å². The van der Waals surface area contributed by atoms with Crippen molar-refractivity contribution in [3.63, 3.8) is 0 Å². The zero-order valence-corrected chi connectivity index (χ0v) is 11.6. The molecule has 1 heterocycles. The van der Waals surface area contributed by atoms with Crippen LogP contribution in [0.2, 0.25) is 0 Å². The molecule has 0 saturated heterocycles. The van der Waals surface area contributed by atoms with Crippen molar-refractivity contribution in [2.75, 3.05) is 18.0 Å². The van der Waals surface area contributed by atoms with Crippen LogP contribution in [0.25, 0.3) is 0 Å². The summed E-state index contributed by atoms with van der Waals surface area (Å²) in [4.78, 5) is 28.2. The van der Waals surface area contributed by atoms with E-state index in [0.29, 0.717) is 18.9 Å². The zero-order chi connectivity index (χ0) is 14.7. The minimum Gasteiger partial charge on any atom is -0.365 e. The molecule has 0 aliphatic carbocycles. The number of aryl methyl sites for hydroxylation is 1. The van der Waals surface area contributed by atoms with Crippen LogP contribution in [0.4, 0.5) is 11.5 Å². The Morgan fingerprint density at radius 3 is 2.26 bits per heavy atom. The summed E-state index contributed by atoms with van der Waals surface area (Å²) in [6.45, 7) is 8.20. The number of anilines is 1. The van der Waals surface area contributed by atoms with Crippen LogP contribution >= 0.6 is 0 Å². The van der Waals surface area contributed by atoms with Crippen LogP contribution in [0.1, 0.15) is 35.5 Å². The maximum absolute atomic E-state index is 11.6. The molecule has 7 heteroatoms. The average Bonchev–Trinajstić information content (AvgIpc) is 2.28. The van der Waals surface area contributed by atoms with Gasteiger partial charge in [-0.15, -0.1) is 0 Å². The molecule has 0 aliphatic rings. The van der Waals surface area contributed by atoms with E-state index < -0.39 is 10.8 Å². The van der Waals surface area contributed by atoms with Crippen LogP contribution in [-0.2, 0) is 0 Å². The smallest absolute Gasteiger partial charge is 0.294 e. The van der Waals surface area contributed by atoms with Gasteiger partial charge in [0.1, 0.15) is 11.5 Å². The van der Waals surface area contributed by atoms with E-state index in [4.69, 9.17) is 5.73 Å². The molecule has 7 nitrogen and oxygen atoms in total. The predicted molar refractivity (Wildman–Crippen MR) is 72.4 cm³/mol. The third-order valence-corrected chi connectivity index (χ3v) is 3.06. The van der Waals surface area contributed by atoms with Crippen LogP contribution in [0, 0.1) is 24.0 Å². The molecule has 0 aliphatic heterocycles. The van der Waals surface area contributed by atoms with E-state index in [1.807, 2.05) is 18.7 Å². The van der Waals surface area contributed by atoms with Gasteiger partial charge in [-0.3, -0.25) is 14.9 Å². The third-order valence-electron chi connectivity index (χ3n) is 3.06. The van der Waals surface area contributed by atoms with Gasteiger partial charge in [-0.05, 0) is 27.7 Å². The summed E-state index contributed by atoms with van der Waals surface area (Å²) in [5.41, 5.74) is 5.89. The van der Waals surface area contributed by atoms with Crippen molar-refractivity contribution in [1.82, 2.24) is 4.98 Å². The lowest BCUT2D eigenvalue weighted by atomic mass is 10.1. The van der Waals surface area contributed by atoms with E-state index in [1.165, 1.54) is 6.92 Å². The molecule has 1 aromatic heterocycles. The van der Waals surface area contributed by atoms with Crippen LogP contribution < -0.4 is 10.6 Å². The molecule has 1 aromatic rings. The molecular weight excluding hydrogens is 248 g/mol.